The van der Waals surface area contributed by atoms with E-state index in [0.29, 0.717) is 18.2 Å². The predicted octanol–water partition coefficient (Wildman–Crippen LogP) is 2.87. The van der Waals surface area contributed by atoms with Gasteiger partial charge in [0.2, 0.25) is 0 Å². The molecule has 0 radical (unpaired) electrons. The molecule has 2 rings (SSSR count). The van der Waals surface area contributed by atoms with Crippen LogP contribution in [0.15, 0.2) is 0 Å². The monoisotopic (exact) mass is 294 g/mol. The third-order valence-electron chi connectivity index (χ3n) is 4.86. The van der Waals surface area contributed by atoms with E-state index in [4.69, 9.17) is 5.73 Å². The third kappa shape index (κ3) is 3.51. The topological polar surface area (TPSA) is 76.1 Å². The Hall–Kier alpha value is -1.23. The molecule has 1 heterocycles. The molecule has 1 fully saturated rings. The average molecular weight is 294 g/mol. The zero-order valence-electron chi connectivity index (χ0n) is 13.8. The first kappa shape index (κ1) is 16.1. The van der Waals surface area contributed by atoms with Gasteiger partial charge in [0.25, 0.3) is 0 Å². The summed E-state index contributed by atoms with van der Waals surface area (Å²) in [6, 6.07) is 0. The van der Waals surface area contributed by atoms with Crippen molar-refractivity contribution in [1.82, 2.24) is 9.78 Å². The fraction of sp³-hybridized carbons (Fsp3) is 0.812. The predicted molar refractivity (Wildman–Crippen MR) is 87.4 cm³/mol. The van der Waals surface area contributed by atoms with Crippen LogP contribution in [0.25, 0.3) is 0 Å². The lowest BCUT2D eigenvalue weighted by Gasteiger charge is -2.36. The number of hydrogen-bond donors (Lipinski definition) is 3. The Balaban J connectivity index is 2.00. The van der Waals surface area contributed by atoms with E-state index in [2.05, 4.69) is 31.2 Å². The van der Waals surface area contributed by atoms with E-state index in [1.165, 1.54) is 6.42 Å². The molecular weight excluding hydrogens is 264 g/mol. The van der Waals surface area contributed by atoms with Crippen LogP contribution in [0, 0.1) is 5.92 Å². The van der Waals surface area contributed by atoms with Gasteiger partial charge in [-0.1, -0.05) is 27.2 Å². The molecule has 5 heteroatoms. The van der Waals surface area contributed by atoms with E-state index in [1.54, 1.807) is 4.68 Å². The second-order valence-corrected chi connectivity index (χ2v) is 6.86. The standard InChI is InChI=1S/C16H30N4O/c1-5-12-6-8-16(21,9-7-12)10-18-15-13(17)14(11(2)3)19-20(15)4/h11-12,18,21H,5-10,17H2,1-4H3. The van der Waals surface area contributed by atoms with Crippen LogP contribution in [-0.2, 0) is 7.05 Å². The molecule has 1 aliphatic rings. The van der Waals surface area contributed by atoms with Crippen molar-refractivity contribution in [2.24, 2.45) is 13.0 Å². The lowest BCUT2D eigenvalue weighted by Crippen LogP contribution is -2.40. The molecule has 1 aliphatic carbocycles. The van der Waals surface area contributed by atoms with Gasteiger partial charge in [0.15, 0.2) is 0 Å². The molecule has 4 N–H and O–H groups in total. The second kappa shape index (κ2) is 6.26. The molecular formula is C16H30N4O. The first-order valence-corrected chi connectivity index (χ1v) is 8.15. The van der Waals surface area contributed by atoms with Crippen molar-refractivity contribution in [3.05, 3.63) is 5.69 Å². The number of hydrogen-bond acceptors (Lipinski definition) is 4. The number of nitrogens with two attached hydrogens (primary N) is 1. The Morgan fingerprint density at radius 2 is 2.05 bits per heavy atom. The lowest BCUT2D eigenvalue weighted by atomic mass is 9.78. The van der Waals surface area contributed by atoms with Gasteiger partial charge in [-0.15, -0.1) is 0 Å². The fourth-order valence-corrected chi connectivity index (χ4v) is 3.25. The zero-order chi connectivity index (χ0) is 15.6. The number of aromatic nitrogens is 2. The molecule has 0 aliphatic heterocycles. The van der Waals surface area contributed by atoms with E-state index in [9.17, 15) is 5.11 Å². The van der Waals surface area contributed by atoms with Crippen LogP contribution >= 0.6 is 0 Å². The van der Waals surface area contributed by atoms with Crippen LogP contribution in [0.2, 0.25) is 0 Å². The van der Waals surface area contributed by atoms with Gasteiger partial charge in [-0.25, -0.2) is 0 Å². The van der Waals surface area contributed by atoms with Crippen LogP contribution in [0.4, 0.5) is 11.5 Å². The number of rotatable bonds is 5. The molecule has 1 saturated carbocycles. The summed E-state index contributed by atoms with van der Waals surface area (Å²) < 4.78 is 1.78. The Kier molecular flexibility index (Phi) is 4.81. The summed E-state index contributed by atoms with van der Waals surface area (Å²) in [7, 11) is 1.89. The third-order valence-corrected chi connectivity index (χ3v) is 4.86. The molecule has 0 aromatic carbocycles. The van der Waals surface area contributed by atoms with E-state index in [0.717, 1.165) is 43.1 Å². The molecule has 120 valence electrons. The van der Waals surface area contributed by atoms with E-state index >= 15 is 0 Å². The van der Waals surface area contributed by atoms with E-state index in [1.807, 2.05) is 7.05 Å². The number of anilines is 2. The minimum Gasteiger partial charge on any atom is -0.394 e. The van der Waals surface area contributed by atoms with Crippen molar-refractivity contribution in [3.8, 4) is 0 Å². The average Bonchev–Trinajstić information content (AvgIpc) is 2.73. The highest BCUT2D eigenvalue weighted by Gasteiger charge is 2.33. The van der Waals surface area contributed by atoms with Gasteiger partial charge in [0.05, 0.1) is 17.0 Å². The summed E-state index contributed by atoms with van der Waals surface area (Å²) in [5, 5.41) is 18.5. The molecule has 0 spiro atoms. The highest BCUT2D eigenvalue weighted by atomic mass is 16.3. The van der Waals surface area contributed by atoms with Crippen LogP contribution in [0.5, 0.6) is 0 Å². The Labute approximate surface area is 127 Å². The van der Waals surface area contributed by atoms with Crippen LogP contribution in [0.3, 0.4) is 0 Å². The van der Waals surface area contributed by atoms with Gasteiger partial charge < -0.3 is 16.2 Å². The summed E-state index contributed by atoms with van der Waals surface area (Å²) >= 11 is 0. The summed E-state index contributed by atoms with van der Waals surface area (Å²) in [6.07, 6.45) is 5.19. The number of aliphatic hydroxyl groups is 1. The number of nitrogens with zero attached hydrogens (tertiary/aromatic N) is 2. The maximum Gasteiger partial charge on any atom is 0.147 e. The van der Waals surface area contributed by atoms with Gasteiger partial charge in [-0.2, -0.15) is 5.10 Å². The summed E-state index contributed by atoms with van der Waals surface area (Å²) in [5.74, 6) is 1.90. The molecule has 1 aromatic heterocycles. The molecule has 0 amide bonds. The number of nitrogen functional groups attached to an aromatic ring is 1. The van der Waals surface area contributed by atoms with Gasteiger partial charge in [0.1, 0.15) is 5.82 Å². The highest BCUT2D eigenvalue weighted by molar-refractivity contribution is 5.65. The summed E-state index contributed by atoms with van der Waals surface area (Å²) in [6.45, 7) is 6.95. The first-order chi connectivity index (χ1) is 9.86. The van der Waals surface area contributed by atoms with Crippen molar-refractivity contribution in [3.63, 3.8) is 0 Å². The molecule has 0 unspecified atom stereocenters. The minimum atomic E-state index is -0.611. The molecule has 0 atom stereocenters. The SMILES string of the molecule is CCC1CCC(O)(CNc2c(N)c(C(C)C)nn2C)CC1. The smallest absolute Gasteiger partial charge is 0.147 e. The highest BCUT2D eigenvalue weighted by Crippen LogP contribution is 2.35. The molecule has 0 saturated heterocycles. The summed E-state index contributed by atoms with van der Waals surface area (Å²) in [4.78, 5) is 0. The Morgan fingerprint density at radius 1 is 1.43 bits per heavy atom. The molecule has 5 nitrogen and oxygen atoms in total. The van der Waals surface area contributed by atoms with Gasteiger partial charge in [-0.05, 0) is 37.5 Å². The largest absolute Gasteiger partial charge is 0.394 e. The Bertz CT molecular complexity index is 473. The van der Waals surface area contributed by atoms with Crippen LogP contribution in [0.1, 0.15) is 64.5 Å². The normalized spacial score (nSPS) is 26.3. The van der Waals surface area contributed by atoms with Crippen molar-refractivity contribution >= 4 is 11.5 Å². The maximum atomic E-state index is 10.7. The zero-order valence-corrected chi connectivity index (χ0v) is 13.8. The van der Waals surface area contributed by atoms with Crippen molar-refractivity contribution < 1.29 is 5.11 Å². The van der Waals surface area contributed by atoms with Crippen molar-refractivity contribution in [2.45, 2.75) is 64.4 Å². The minimum absolute atomic E-state index is 0.301. The van der Waals surface area contributed by atoms with E-state index in [-0.39, 0.29) is 0 Å². The molecule has 21 heavy (non-hydrogen) atoms. The van der Waals surface area contributed by atoms with Crippen molar-refractivity contribution in [2.75, 3.05) is 17.6 Å². The number of aryl methyl sites for hydroxylation is 1. The van der Waals surface area contributed by atoms with Gasteiger partial charge in [-0.3, -0.25) is 4.68 Å². The summed E-state index contributed by atoms with van der Waals surface area (Å²) in [5.41, 5.74) is 7.19. The lowest BCUT2D eigenvalue weighted by molar-refractivity contribution is 0.00220. The first-order valence-electron chi connectivity index (χ1n) is 8.15. The van der Waals surface area contributed by atoms with Crippen LogP contribution < -0.4 is 11.1 Å². The number of nitrogens with one attached hydrogen (secondary N) is 1. The van der Waals surface area contributed by atoms with Gasteiger partial charge >= 0.3 is 0 Å². The molecule has 0 bridgehead atoms. The van der Waals surface area contributed by atoms with Crippen LogP contribution in [-0.4, -0.2) is 27.0 Å². The van der Waals surface area contributed by atoms with E-state index < -0.39 is 5.60 Å². The maximum absolute atomic E-state index is 10.7. The fourth-order valence-electron chi connectivity index (χ4n) is 3.25. The quantitative estimate of drug-likeness (QED) is 0.780. The van der Waals surface area contributed by atoms with Crippen molar-refractivity contribution in [1.29, 1.82) is 0 Å². The Morgan fingerprint density at radius 3 is 2.52 bits per heavy atom. The van der Waals surface area contributed by atoms with Gasteiger partial charge in [0, 0.05) is 13.6 Å². The molecule has 1 aromatic rings. The second-order valence-electron chi connectivity index (χ2n) is 6.86.